The Morgan fingerprint density at radius 2 is 2.00 bits per heavy atom. The van der Waals surface area contributed by atoms with Gasteiger partial charge in [-0.2, -0.15) is 13.2 Å². The van der Waals surface area contributed by atoms with E-state index in [0.29, 0.717) is 6.07 Å². The number of benzene rings is 1. The summed E-state index contributed by atoms with van der Waals surface area (Å²) >= 11 is 0. The smallest absolute Gasteiger partial charge is 0.316 e. The molecule has 0 saturated carbocycles. The van der Waals surface area contributed by atoms with Crippen LogP contribution in [-0.4, -0.2) is 24.4 Å². The highest BCUT2D eigenvalue weighted by atomic mass is 19.3. The summed E-state index contributed by atoms with van der Waals surface area (Å²) in [7, 11) is 0.924. The van der Waals surface area contributed by atoms with Gasteiger partial charge in [-0.1, -0.05) is 0 Å². The average Bonchev–Trinajstić information content (AvgIpc) is 2.33. The van der Waals surface area contributed by atoms with Gasteiger partial charge in [-0.15, -0.1) is 0 Å². The summed E-state index contributed by atoms with van der Waals surface area (Å²) in [5.74, 6) is -4.70. The molecule has 0 radical (unpaired) electrons. The molecule has 0 atom stereocenters. The molecule has 1 aromatic carbocycles. The fourth-order valence-electron chi connectivity index (χ4n) is 1.07. The Balaban J connectivity index is 3.18. The van der Waals surface area contributed by atoms with Gasteiger partial charge in [0.05, 0.1) is 4.91 Å². The Bertz CT molecular complexity index is 493. The third kappa shape index (κ3) is 2.73. The molecule has 0 bridgehead atoms. The second kappa shape index (κ2) is 5.43. The first kappa shape index (κ1) is 13.9. The van der Waals surface area contributed by atoms with Crippen molar-refractivity contribution in [1.29, 1.82) is 0 Å². The maximum absolute atomic E-state index is 13.6. The van der Waals surface area contributed by atoms with Crippen molar-refractivity contribution in [2.24, 2.45) is 0 Å². The van der Waals surface area contributed by atoms with E-state index in [4.69, 9.17) is 0 Å². The predicted octanol–water partition coefficient (Wildman–Crippen LogP) is 2.14. The lowest BCUT2D eigenvalue weighted by Gasteiger charge is -2.06. The Morgan fingerprint density at radius 1 is 1.39 bits per heavy atom. The highest BCUT2D eigenvalue weighted by molar-refractivity contribution is 5.93. The summed E-state index contributed by atoms with van der Waals surface area (Å²) in [4.78, 5) is 25.5. The zero-order valence-electron chi connectivity index (χ0n) is 8.92. The number of hydrogen-bond donors (Lipinski definition) is 1. The molecule has 0 unspecified atom stereocenters. The first-order valence-electron chi connectivity index (χ1n) is 4.46. The molecule has 0 aliphatic carbocycles. The molecule has 0 heterocycles. The maximum Gasteiger partial charge on any atom is 0.354 e. The molecule has 1 rings (SSSR count). The van der Waals surface area contributed by atoms with Crippen molar-refractivity contribution >= 4 is 17.3 Å². The monoisotopic (exact) mass is 267 g/mol. The summed E-state index contributed by atoms with van der Waals surface area (Å²) in [5.41, 5.74) is -1.90. The number of alkyl halides is 2. The van der Waals surface area contributed by atoms with Gasteiger partial charge in [0.15, 0.2) is 7.11 Å². The highest BCUT2D eigenvalue weighted by Crippen LogP contribution is 2.27. The van der Waals surface area contributed by atoms with E-state index in [1.165, 1.54) is 5.32 Å². The van der Waals surface area contributed by atoms with Crippen molar-refractivity contribution in [3.05, 3.63) is 28.7 Å². The van der Waals surface area contributed by atoms with Gasteiger partial charge in [0.25, 0.3) is 10.8 Å². The molecule has 9 heteroatoms. The van der Waals surface area contributed by atoms with Crippen molar-refractivity contribution in [2.45, 2.75) is 6.43 Å². The molecule has 18 heavy (non-hydrogen) atoms. The van der Waals surface area contributed by atoms with Crippen molar-refractivity contribution in [1.82, 2.24) is 0 Å². The molecular formula is C9H7F4N2O3+. The van der Waals surface area contributed by atoms with Crippen molar-refractivity contribution in [3.63, 3.8) is 0 Å². The minimum atomic E-state index is -3.45. The number of nitrogens with one attached hydrogen (secondary N) is 1. The molecule has 1 N–H and O–H groups in total. The van der Waals surface area contributed by atoms with Gasteiger partial charge in [0, 0.05) is 6.07 Å². The van der Waals surface area contributed by atoms with Crippen LogP contribution in [0, 0.1) is 16.5 Å². The minimum Gasteiger partial charge on any atom is -0.316 e. The molecule has 1 aromatic rings. The highest BCUT2D eigenvalue weighted by Gasteiger charge is 2.28. The van der Waals surface area contributed by atoms with Crippen LogP contribution in [0.3, 0.4) is 0 Å². The summed E-state index contributed by atoms with van der Waals surface area (Å²) in [6, 6.07) is 1.36. The molecule has 0 fully saturated rings. The molecule has 0 aromatic heterocycles. The quantitative estimate of drug-likeness (QED) is 0.671. The Kier molecular flexibility index (Phi) is 4.18. The number of halogens is 4. The molecular weight excluding hydrogens is 260 g/mol. The topological polar surface area (TPSA) is 58.4 Å². The van der Waals surface area contributed by atoms with Gasteiger partial charge in [0.1, 0.15) is 11.5 Å². The molecule has 1 amide bonds. The van der Waals surface area contributed by atoms with Crippen LogP contribution in [0.15, 0.2) is 12.1 Å². The maximum atomic E-state index is 13.6. The zero-order chi connectivity index (χ0) is 13.9. The lowest BCUT2D eigenvalue weighted by molar-refractivity contribution is -0.737. The third-order valence-electron chi connectivity index (χ3n) is 1.88. The van der Waals surface area contributed by atoms with Gasteiger partial charge in [-0.25, -0.2) is 9.23 Å². The Hall–Kier alpha value is -2.19. The minimum absolute atomic E-state index is 0.299. The van der Waals surface area contributed by atoms with Crippen LogP contribution in [0.2, 0.25) is 0 Å². The number of anilines is 1. The van der Waals surface area contributed by atoms with E-state index in [1.807, 2.05) is 0 Å². The van der Waals surface area contributed by atoms with Gasteiger partial charge in [0.2, 0.25) is 5.82 Å². The van der Waals surface area contributed by atoms with E-state index in [9.17, 15) is 27.3 Å². The van der Waals surface area contributed by atoms with Gasteiger partial charge < -0.3 is 5.32 Å². The summed E-state index contributed by atoms with van der Waals surface area (Å²) < 4.78 is 50.6. The Morgan fingerprint density at radius 3 is 2.50 bits per heavy atom. The van der Waals surface area contributed by atoms with Crippen molar-refractivity contribution in [3.8, 4) is 0 Å². The Labute approximate surface area is 97.9 Å². The summed E-state index contributed by atoms with van der Waals surface area (Å²) in [6.45, 7) is 0. The SMILES string of the molecule is CO[N+](=O)c1ccc(F)c(NC(=O)C(F)F)c1F. The van der Waals surface area contributed by atoms with Gasteiger partial charge >= 0.3 is 12.1 Å². The molecule has 0 spiro atoms. The standard InChI is InChI=1S/C9H6F4N2O3/c1-18-15(17)5-3-2-4(10)7(6(5)11)14-9(16)8(12)13/h2-3,8H,1H3/p+1. The average molecular weight is 267 g/mol. The van der Waals surface area contributed by atoms with E-state index in [1.54, 1.807) is 0 Å². The van der Waals surface area contributed by atoms with Crippen LogP contribution in [0.1, 0.15) is 0 Å². The van der Waals surface area contributed by atoms with Crippen molar-refractivity contribution in [2.75, 3.05) is 12.4 Å². The number of hydrogen-bond acceptors (Lipinski definition) is 3. The van der Waals surface area contributed by atoms with E-state index in [2.05, 4.69) is 4.84 Å². The summed E-state index contributed by atoms with van der Waals surface area (Å²) in [6.07, 6.45) is -3.45. The normalized spacial score (nSPS) is 10.3. The first-order chi connectivity index (χ1) is 8.38. The molecule has 0 aliphatic heterocycles. The number of rotatable bonds is 4. The molecule has 98 valence electrons. The van der Waals surface area contributed by atoms with Crippen LogP contribution in [0.4, 0.5) is 28.9 Å². The number of nitrogens with zero attached hydrogens (tertiary/aromatic N) is 1. The second-order valence-electron chi connectivity index (χ2n) is 2.99. The lowest BCUT2D eigenvalue weighted by atomic mass is 10.2. The molecule has 0 saturated heterocycles. The lowest BCUT2D eigenvalue weighted by Crippen LogP contribution is -2.22. The molecule has 0 aliphatic rings. The van der Waals surface area contributed by atoms with Crippen molar-refractivity contribution < 1.29 is 32.1 Å². The van der Waals surface area contributed by atoms with E-state index >= 15 is 0 Å². The fraction of sp³-hybridized carbons (Fsp3) is 0.222. The third-order valence-corrected chi connectivity index (χ3v) is 1.88. The van der Waals surface area contributed by atoms with Crippen LogP contribution in [0.25, 0.3) is 0 Å². The van der Waals surface area contributed by atoms with Crippen LogP contribution < -0.4 is 5.32 Å². The number of amides is 1. The van der Waals surface area contributed by atoms with Gasteiger partial charge in [-0.05, 0) is 6.07 Å². The number of carbonyl (C=O) groups excluding carboxylic acids is 1. The zero-order valence-corrected chi connectivity index (χ0v) is 8.92. The van der Waals surface area contributed by atoms with Gasteiger partial charge in [-0.3, -0.25) is 4.79 Å². The largest absolute Gasteiger partial charge is 0.354 e. The van der Waals surface area contributed by atoms with Crippen LogP contribution in [-0.2, 0) is 9.63 Å². The second-order valence-corrected chi connectivity index (χ2v) is 2.99. The first-order valence-corrected chi connectivity index (χ1v) is 4.46. The molecule has 5 nitrogen and oxygen atoms in total. The van der Waals surface area contributed by atoms with Crippen LogP contribution >= 0.6 is 0 Å². The fourth-order valence-corrected chi connectivity index (χ4v) is 1.07. The number of carbonyl (C=O) groups is 1. The predicted molar refractivity (Wildman–Crippen MR) is 51.3 cm³/mol. The van der Waals surface area contributed by atoms with E-state index in [0.717, 1.165) is 13.2 Å². The van der Waals surface area contributed by atoms with Crippen LogP contribution in [0.5, 0.6) is 0 Å². The van der Waals surface area contributed by atoms with E-state index < -0.39 is 35.3 Å². The summed E-state index contributed by atoms with van der Waals surface area (Å²) in [5, 5.41) is 1.34. The van der Waals surface area contributed by atoms with E-state index in [-0.39, 0.29) is 4.92 Å².